The van der Waals surface area contributed by atoms with Gasteiger partial charge in [0.1, 0.15) is 5.75 Å². The number of aromatic nitrogens is 1. The number of fused-ring (bicyclic) bond motifs is 1. The van der Waals surface area contributed by atoms with Crippen LogP contribution in [0.25, 0.3) is 0 Å². The van der Waals surface area contributed by atoms with E-state index < -0.39 is 0 Å². The number of nitrogens with zero attached hydrogens (tertiary/aromatic N) is 1. The van der Waals surface area contributed by atoms with Crippen molar-refractivity contribution in [2.45, 2.75) is 25.8 Å². The van der Waals surface area contributed by atoms with Crippen molar-refractivity contribution in [3.63, 3.8) is 0 Å². The molecule has 0 bridgehead atoms. The maximum Gasteiger partial charge on any atom is 0.125 e. The Labute approximate surface area is 121 Å². The Morgan fingerprint density at radius 2 is 2.37 bits per heavy atom. The summed E-state index contributed by atoms with van der Waals surface area (Å²) in [6.07, 6.45) is 3.51. The van der Waals surface area contributed by atoms with Crippen molar-refractivity contribution in [3.05, 3.63) is 44.4 Å². The summed E-state index contributed by atoms with van der Waals surface area (Å²) in [5.74, 6) is 0.973. The van der Waals surface area contributed by atoms with Crippen LogP contribution in [0, 0.1) is 6.92 Å². The molecule has 0 amide bonds. The molecule has 3 nitrogen and oxygen atoms in total. The number of aryl methyl sites for hydroxylation is 1. The van der Waals surface area contributed by atoms with E-state index in [9.17, 15) is 0 Å². The number of rotatable bonds is 3. The first kappa shape index (κ1) is 12.9. The summed E-state index contributed by atoms with van der Waals surface area (Å²) < 4.78 is 5.70. The van der Waals surface area contributed by atoms with Crippen LogP contribution in [-0.4, -0.2) is 11.6 Å². The smallest absolute Gasteiger partial charge is 0.125 e. The van der Waals surface area contributed by atoms with Gasteiger partial charge in [0.15, 0.2) is 0 Å². The van der Waals surface area contributed by atoms with Gasteiger partial charge in [0.05, 0.1) is 11.6 Å². The largest absolute Gasteiger partial charge is 0.493 e. The Kier molecular flexibility index (Phi) is 3.48. The zero-order chi connectivity index (χ0) is 13.4. The average Bonchev–Trinajstić information content (AvgIpc) is 2.97. The van der Waals surface area contributed by atoms with Gasteiger partial charge in [0, 0.05) is 28.6 Å². The van der Waals surface area contributed by atoms with Crippen molar-refractivity contribution in [1.82, 2.24) is 4.98 Å². The van der Waals surface area contributed by atoms with Crippen LogP contribution in [0.15, 0.2) is 18.3 Å². The van der Waals surface area contributed by atoms with E-state index >= 15 is 0 Å². The van der Waals surface area contributed by atoms with Gasteiger partial charge in [-0.05, 0) is 36.6 Å². The molecule has 2 aromatic rings. The lowest BCUT2D eigenvalue weighted by Crippen LogP contribution is -2.12. The van der Waals surface area contributed by atoms with Crippen molar-refractivity contribution < 1.29 is 4.74 Å². The van der Waals surface area contributed by atoms with E-state index in [1.165, 1.54) is 5.56 Å². The third-order valence-corrected chi connectivity index (χ3v) is 4.53. The van der Waals surface area contributed by atoms with Crippen LogP contribution < -0.4 is 10.5 Å². The first-order valence-corrected chi connectivity index (χ1v) is 7.45. The van der Waals surface area contributed by atoms with Crippen LogP contribution in [-0.2, 0) is 12.8 Å². The summed E-state index contributed by atoms with van der Waals surface area (Å²) in [4.78, 5) is 5.35. The molecule has 1 aliphatic heterocycles. The topological polar surface area (TPSA) is 48.1 Å². The predicted octanol–water partition coefficient (Wildman–Crippen LogP) is 3.28. The van der Waals surface area contributed by atoms with Gasteiger partial charge in [0.2, 0.25) is 0 Å². The minimum atomic E-state index is -0.0574. The number of hydrogen-bond donors (Lipinski definition) is 1. The van der Waals surface area contributed by atoms with Crippen LogP contribution >= 0.6 is 22.9 Å². The number of halogens is 1. The minimum Gasteiger partial charge on any atom is -0.493 e. The first-order valence-electron chi connectivity index (χ1n) is 6.25. The highest BCUT2D eigenvalue weighted by molar-refractivity contribution is 7.11. The third-order valence-electron chi connectivity index (χ3n) is 3.27. The summed E-state index contributed by atoms with van der Waals surface area (Å²) in [5.41, 5.74) is 8.54. The molecule has 1 unspecified atom stereocenters. The van der Waals surface area contributed by atoms with E-state index in [0.717, 1.165) is 45.7 Å². The molecule has 5 heteroatoms. The normalized spacial score (nSPS) is 15.1. The molecule has 1 atom stereocenters. The molecule has 0 fully saturated rings. The number of benzene rings is 1. The van der Waals surface area contributed by atoms with Crippen molar-refractivity contribution >= 4 is 22.9 Å². The molecule has 0 saturated carbocycles. The van der Waals surface area contributed by atoms with Crippen LogP contribution in [0.3, 0.4) is 0 Å². The fourth-order valence-corrected chi connectivity index (χ4v) is 3.43. The summed E-state index contributed by atoms with van der Waals surface area (Å²) >= 11 is 7.80. The van der Waals surface area contributed by atoms with Crippen molar-refractivity contribution in [3.8, 4) is 5.75 Å². The van der Waals surface area contributed by atoms with Gasteiger partial charge >= 0.3 is 0 Å². The fraction of sp³-hybridized carbons (Fsp3) is 0.357. The van der Waals surface area contributed by atoms with Gasteiger partial charge in [-0.25, -0.2) is 4.98 Å². The molecular formula is C14H15ClN2OS. The van der Waals surface area contributed by atoms with E-state index in [1.807, 2.05) is 25.3 Å². The molecule has 1 aliphatic rings. The van der Waals surface area contributed by atoms with Crippen molar-refractivity contribution in [1.29, 1.82) is 0 Å². The third kappa shape index (κ3) is 2.61. The highest BCUT2D eigenvalue weighted by Gasteiger charge is 2.20. The molecule has 2 heterocycles. The Hall–Kier alpha value is -1.10. The Morgan fingerprint density at radius 1 is 1.53 bits per heavy atom. The number of nitrogens with two attached hydrogens (primary N) is 1. The molecule has 0 spiro atoms. The fourth-order valence-electron chi connectivity index (χ4n) is 2.38. The molecule has 3 rings (SSSR count). The molecule has 0 radical (unpaired) electrons. The quantitative estimate of drug-likeness (QED) is 0.945. The summed E-state index contributed by atoms with van der Waals surface area (Å²) in [7, 11) is 0. The SMILES string of the molecule is Cc1ncc(C(N)Cc2cc(Cl)cc3c2OCC3)s1. The zero-order valence-electron chi connectivity index (χ0n) is 10.6. The van der Waals surface area contributed by atoms with Gasteiger partial charge < -0.3 is 10.5 Å². The number of ether oxygens (including phenoxy) is 1. The first-order chi connectivity index (χ1) is 9.13. The van der Waals surface area contributed by atoms with Gasteiger partial charge in [0.25, 0.3) is 0 Å². The Balaban J connectivity index is 1.87. The molecule has 0 saturated heterocycles. The summed E-state index contributed by atoms with van der Waals surface area (Å²) in [6.45, 7) is 2.72. The van der Waals surface area contributed by atoms with E-state index in [1.54, 1.807) is 11.3 Å². The molecular weight excluding hydrogens is 280 g/mol. The van der Waals surface area contributed by atoms with E-state index in [4.69, 9.17) is 22.1 Å². The monoisotopic (exact) mass is 294 g/mol. The maximum atomic E-state index is 6.26. The summed E-state index contributed by atoms with van der Waals surface area (Å²) in [6, 6.07) is 3.88. The Bertz CT molecular complexity index is 611. The highest BCUT2D eigenvalue weighted by atomic mass is 35.5. The lowest BCUT2D eigenvalue weighted by molar-refractivity contribution is 0.352. The van der Waals surface area contributed by atoms with Crippen molar-refractivity contribution in [2.24, 2.45) is 5.73 Å². The van der Waals surface area contributed by atoms with Crippen LogP contribution in [0.5, 0.6) is 5.75 Å². The second kappa shape index (κ2) is 5.12. The van der Waals surface area contributed by atoms with Gasteiger partial charge in [-0.3, -0.25) is 0 Å². The standard InChI is InChI=1S/C14H15ClN2OS/c1-8-17-7-13(19-8)12(16)6-10-5-11(15)4-9-2-3-18-14(9)10/h4-5,7,12H,2-3,6,16H2,1H3. The minimum absolute atomic E-state index is 0.0574. The summed E-state index contributed by atoms with van der Waals surface area (Å²) in [5, 5.41) is 1.80. The van der Waals surface area contributed by atoms with Crippen LogP contribution in [0.2, 0.25) is 5.02 Å². The number of hydrogen-bond acceptors (Lipinski definition) is 4. The van der Waals surface area contributed by atoms with Gasteiger partial charge in [-0.15, -0.1) is 11.3 Å². The second-order valence-corrected chi connectivity index (χ2v) is 6.45. The van der Waals surface area contributed by atoms with Crippen molar-refractivity contribution in [2.75, 3.05) is 6.61 Å². The van der Waals surface area contributed by atoms with Crippen LogP contribution in [0.4, 0.5) is 0 Å². The van der Waals surface area contributed by atoms with E-state index in [-0.39, 0.29) is 6.04 Å². The highest BCUT2D eigenvalue weighted by Crippen LogP contribution is 2.35. The van der Waals surface area contributed by atoms with E-state index in [0.29, 0.717) is 0 Å². The molecule has 1 aromatic heterocycles. The van der Waals surface area contributed by atoms with Crippen LogP contribution in [0.1, 0.15) is 27.1 Å². The van der Waals surface area contributed by atoms with Gasteiger partial charge in [-0.2, -0.15) is 0 Å². The number of thiazole rings is 1. The predicted molar refractivity (Wildman–Crippen MR) is 78.1 cm³/mol. The second-order valence-electron chi connectivity index (χ2n) is 4.74. The maximum absolute atomic E-state index is 6.26. The lowest BCUT2D eigenvalue weighted by atomic mass is 10.0. The zero-order valence-corrected chi connectivity index (χ0v) is 12.2. The van der Waals surface area contributed by atoms with Gasteiger partial charge in [-0.1, -0.05) is 11.6 Å². The lowest BCUT2D eigenvalue weighted by Gasteiger charge is -2.13. The molecule has 1 aromatic carbocycles. The molecule has 100 valence electrons. The molecule has 0 aliphatic carbocycles. The average molecular weight is 295 g/mol. The Morgan fingerprint density at radius 3 is 3.11 bits per heavy atom. The molecule has 19 heavy (non-hydrogen) atoms. The van der Waals surface area contributed by atoms with E-state index in [2.05, 4.69) is 4.98 Å². The molecule has 2 N–H and O–H groups in total.